The van der Waals surface area contributed by atoms with Crippen LogP contribution in [0.5, 0.6) is 0 Å². The van der Waals surface area contributed by atoms with Gasteiger partial charge in [0.15, 0.2) is 0 Å². The quantitative estimate of drug-likeness (QED) is 0.0939. The molecule has 1 saturated heterocycles. The van der Waals surface area contributed by atoms with Gasteiger partial charge in [0.05, 0.1) is 81.4 Å². The normalized spacial score (nSPS) is 20.6. The minimum atomic E-state index is -1.13. The predicted octanol–water partition coefficient (Wildman–Crippen LogP) is 1.20. The highest BCUT2D eigenvalue weighted by Crippen LogP contribution is 2.28. The van der Waals surface area contributed by atoms with E-state index in [9.17, 15) is 30.4 Å². The van der Waals surface area contributed by atoms with Gasteiger partial charge in [-0.15, -0.1) is 0 Å². The van der Waals surface area contributed by atoms with Crippen LogP contribution in [-0.2, 0) is 23.7 Å². The first kappa shape index (κ1) is 32.9. The number of benzene rings is 1. The monoisotopic (exact) mass is 666 g/mol. The summed E-state index contributed by atoms with van der Waals surface area (Å²) in [5, 5.41) is 49.0. The Hall–Kier alpha value is -2.62. The fourth-order valence-corrected chi connectivity index (χ4v) is 4.68. The Morgan fingerprint density at radius 2 is 1.66 bits per heavy atom. The molecule has 1 fully saturated rings. The number of aliphatic hydroxyl groups excluding tert-OH is 2. The van der Waals surface area contributed by atoms with Crippen molar-refractivity contribution in [3.63, 3.8) is 0 Å². The Labute approximate surface area is 246 Å². The molecule has 19 heteroatoms. The maximum atomic E-state index is 11.1. The van der Waals surface area contributed by atoms with E-state index < -0.39 is 34.2 Å². The van der Waals surface area contributed by atoms with Crippen LogP contribution >= 0.6 is 27.5 Å². The summed E-state index contributed by atoms with van der Waals surface area (Å²) in [5.41, 5.74) is -0.571. The maximum absolute atomic E-state index is 11.1. The lowest BCUT2D eigenvalue weighted by molar-refractivity contribution is -0.393. The number of hydrogen-bond acceptors (Lipinski definition) is 16. The van der Waals surface area contributed by atoms with Gasteiger partial charge < -0.3 is 44.5 Å². The van der Waals surface area contributed by atoms with Crippen molar-refractivity contribution in [3.8, 4) is 0 Å². The van der Waals surface area contributed by atoms with Crippen LogP contribution in [0.2, 0.25) is 0 Å². The summed E-state index contributed by atoms with van der Waals surface area (Å²) in [7, 11) is 0. The number of nitrogens with zero attached hydrogens (tertiary/aromatic N) is 4. The lowest BCUT2D eigenvalue weighted by Crippen LogP contribution is -2.56. The van der Waals surface area contributed by atoms with Crippen molar-refractivity contribution in [2.24, 2.45) is 0 Å². The van der Waals surface area contributed by atoms with E-state index in [2.05, 4.69) is 35.9 Å². The number of nitro groups is 2. The molecule has 0 radical (unpaired) electrons. The molecule has 1 aliphatic rings. The number of nitrogens with one attached hydrogen (secondary N) is 2. The molecule has 4 N–H and O–H groups in total. The van der Waals surface area contributed by atoms with Crippen molar-refractivity contribution in [3.05, 3.63) is 43.2 Å². The van der Waals surface area contributed by atoms with E-state index in [4.69, 9.17) is 23.7 Å². The molecule has 228 valence electrons. The highest BCUT2D eigenvalue weighted by molar-refractivity contribution is 9.10. The highest BCUT2D eigenvalue weighted by atomic mass is 79.9. The van der Waals surface area contributed by atoms with Crippen LogP contribution in [-0.4, -0.2) is 120 Å². The number of nitro benzene ring substituents is 2. The average molecular weight is 667 g/mol. The van der Waals surface area contributed by atoms with Crippen LogP contribution in [0.25, 0.3) is 0 Å². The zero-order valence-corrected chi connectivity index (χ0v) is 24.2. The Balaban J connectivity index is 1.14. The summed E-state index contributed by atoms with van der Waals surface area (Å²) in [6, 6.07) is 2.85. The van der Waals surface area contributed by atoms with Crippen LogP contribution in [0, 0.1) is 20.2 Å². The fourth-order valence-electron chi connectivity index (χ4n) is 3.63. The number of rotatable bonds is 19. The van der Waals surface area contributed by atoms with E-state index in [1.807, 2.05) is 0 Å². The molecular formula is C22H31BrN6O11S. The molecule has 1 aliphatic heterocycles. The minimum Gasteiger partial charge on any atom is -0.388 e. The van der Waals surface area contributed by atoms with Crippen molar-refractivity contribution in [1.29, 1.82) is 0 Å². The van der Waals surface area contributed by atoms with Gasteiger partial charge in [0.1, 0.15) is 24.0 Å². The molecule has 2 heterocycles. The predicted molar refractivity (Wildman–Crippen MR) is 148 cm³/mol. The molecular weight excluding hydrogens is 636 g/mol. The molecule has 1 aromatic heterocycles. The fraction of sp³-hybridized carbons (Fsp3) is 0.636. The molecule has 0 bridgehead atoms. The number of ether oxygens (including phenoxy) is 5. The molecule has 0 unspecified atom stereocenters. The van der Waals surface area contributed by atoms with Crippen LogP contribution in [0.1, 0.15) is 0 Å². The van der Waals surface area contributed by atoms with Gasteiger partial charge in [0, 0.05) is 24.1 Å². The average Bonchev–Trinajstić information content (AvgIpc) is 3.36. The Kier molecular flexibility index (Phi) is 13.9. The van der Waals surface area contributed by atoms with E-state index in [1.165, 1.54) is 12.1 Å². The summed E-state index contributed by atoms with van der Waals surface area (Å²) in [6.45, 7) is 2.66. The Bertz CT molecular complexity index is 1120. The van der Waals surface area contributed by atoms with Crippen LogP contribution in [0.4, 0.5) is 22.2 Å². The van der Waals surface area contributed by atoms with E-state index in [0.29, 0.717) is 42.9 Å². The van der Waals surface area contributed by atoms with Crippen molar-refractivity contribution in [2.45, 2.75) is 24.4 Å². The second-order valence-electron chi connectivity index (χ2n) is 8.53. The second kappa shape index (κ2) is 17.4. The molecule has 3 rings (SSSR count). The summed E-state index contributed by atoms with van der Waals surface area (Å²) in [4.78, 5) is 24.6. The van der Waals surface area contributed by atoms with E-state index in [-0.39, 0.29) is 50.0 Å². The molecule has 2 aromatic rings. The smallest absolute Gasteiger partial charge is 0.299 e. The first-order valence-electron chi connectivity index (χ1n) is 12.5. The third-order valence-electron chi connectivity index (χ3n) is 5.69. The number of anilines is 2. The second-order valence-corrected chi connectivity index (χ2v) is 9.99. The van der Waals surface area contributed by atoms with E-state index in [1.54, 1.807) is 0 Å². The Morgan fingerprint density at radius 1 is 1.00 bits per heavy atom. The molecule has 4 atom stereocenters. The van der Waals surface area contributed by atoms with Gasteiger partial charge in [0.25, 0.3) is 11.4 Å². The van der Waals surface area contributed by atoms with Gasteiger partial charge >= 0.3 is 0 Å². The lowest BCUT2D eigenvalue weighted by Gasteiger charge is -2.37. The molecule has 0 aliphatic carbocycles. The number of halogens is 1. The van der Waals surface area contributed by atoms with E-state index in [0.717, 1.165) is 17.6 Å². The van der Waals surface area contributed by atoms with Crippen LogP contribution < -0.4 is 10.6 Å². The lowest BCUT2D eigenvalue weighted by atomic mass is 9.98. The number of non-ortho nitro benzene ring substituents is 1. The summed E-state index contributed by atoms with van der Waals surface area (Å²) in [6.07, 6.45) is -2.87. The first-order chi connectivity index (χ1) is 19.8. The largest absolute Gasteiger partial charge is 0.388 e. The van der Waals surface area contributed by atoms with Gasteiger partial charge in [-0.3, -0.25) is 20.2 Å². The van der Waals surface area contributed by atoms with Gasteiger partial charge in [-0.2, -0.15) is 9.36 Å². The van der Waals surface area contributed by atoms with Crippen molar-refractivity contribution in [1.82, 2.24) is 9.36 Å². The standard InChI is InChI=1S/C22H31BrN6O11S/c23-21-26-22(41-27-21)25-16-12-40-18(20(31)19(16)30)13-39-10-9-38-8-7-37-6-5-36-4-3-24-15-2-1-14(28(32)33)11-17(15)29(34)35/h1-2,11,16,18-20,24,30-31H,3-10,12-13H2,(H,25,26,27)/t16-,18+,19+,20-/m0/s1. The summed E-state index contributed by atoms with van der Waals surface area (Å²) in [5.74, 6) is 0. The minimum absolute atomic E-state index is 0.0961. The third kappa shape index (κ3) is 10.9. The number of aromatic nitrogens is 2. The number of hydrogen-bond donors (Lipinski definition) is 4. The van der Waals surface area contributed by atoms with Crippen LogP contribution in [0.15, 0.2) is 22.9 Å². The zero-order valence-electron chi connectivity index (χ0n) is 21.8. The molecule has 1 aromatic carbocycles. The van der Waals surface area contributed by atoms with Crippen molar-refractivity contribution < 1.29 is 43.7 Å². The molecule has 17 nitrogen and oxygen atoms in total. The highest BCUT2D eigenvalue weighted by Gasteiger charge is 2.38. The van der Waals surface area contributed by atoms with Crippen LogP contribution in [0.3, 0.4) is 0 Å². The van der Waals surface area contributed by atoms with Gasteiger partial charge in [0.2, 0.25) is 9.87 Å². The maximum Gasteiger partial charge on any atom is 0.299 e. The van der Waals surface area contributed by atoms with Crippen molar-refractivity contribution in [2.75, 3.05) is 76.6 Å². The first-order valence-corrected chi connectivity index (χ1v) is 14.0. The summed E-state index contributed by atoms with van der Waals surface area (Å²) >= 11 is 4.28. The third-order valence-corrected chi connectivity index (χ3v) is 6.93. The SMILES string of the molecule is O=[N+]([O-])c1ccc(NCCOCCOCCOCCOC[C@H]2OC[C@H](Nc3nc(Br)ns3)[C@@H](O)[C@H]2O)c([N+](=O)[O-])c1. The molecule has 0 saturated carbocycles. The zero-order chi connectivity index (χ0) is 29.6. The van der Waals surface area contributed by atoms with Gasteiger partial charge in [-0.1, -0.05) is 0 Å². The van der Waals surface area contributed by atoms with Crippen molar-refractivity contribution >= 4 is 49.7 Å². The Morgan fingerprint density at radius 3 is 2.27 bits per heavy atom. The van der Waals surface area contributed by atoms with Gasteiger partial charge in [-0.05, 0) is 22.0 Å². The number of aliphatic hydroxyl groups is 2. The topological polar surface area (TPSA) is 223 Å². The van der Waals surface area contributed by atoms with Gasteiger partial charge in [-0.25, -0.2) is 0 Å². The molecule has 0 amide bonds. The molecule has 41 heavy (non-hydrogen) atoms. The van der Waals surface area contributed by atoms with E-state index >= 15 is 0 Å². The molecule has 0 spiro atoms. The summed E-state index contributed by atoms with van der Waals surface area (Å²) < 4.78 is 31.8.